The van der Waals surface area contributed by atoms with Crippen molar-refractivity contribution in [2.75, 3.05) is 31.1 Å². The molecule has 114 valence electrons. The molecule has 0 radical (unpaired) electrons. The van der Waals surface area contributed by atoms with Gasteiger partial charge in [0.25, 0.3) is 0 Å². The van der Waals surface area contributed by atoms with E-state index in [-0.39, 0.29) is 24.7 Å². The summed E-state index contributed by atoms with van der Waals surface area (Å²) in [7, 11) is 0. The lowest BCUT2D eigenvalue weighted by atomic mass is 10.2. The molecule has 21 heavy (non-hydrogen) atoms. The normalized spacial score (nSPS) is 25.4. The predicted octanol–water partition coefficient (Wildman–Crippen LogP) is 0.827. The van der Waals surface area contributed by atoms with Crippen LogP contribution >= 0.6 is 0 Å². The number of aliphatic hydroxyl groups is 1. The highest BCUT2D eigenvalue weighted by molar-refractivity contribution is 5.75. The second-order valence-electron chi connectivity index (χ2n) is 5.74. The molecule has 0 aliphatic carbocycles. The minimum atomic E-state index is -0.0422. The van der Waals surface area contributed by atoms with E-state index in [2.05, 4.69) is 15.2 Å². The summed E-state index contributed by atoms with van der Waals surface area (Å²) in [6.45, 7) is 2.50. The van der Waals surface area contributed by atoms with Crippen LogP contribution in [0.5, 0.6) is 0 Å². The standard InChI is InChI=1S/C15H22N4O2/c20-11-13-4-3-8-19(13)15(21)17-12-6-9-18(10-12)14-5-1-2-7-16-14/h1-2,5,7,12-13,20H,3-4,6,8-11H2,(H,17,21). The van der Waals surface area contributed by atoms with Gasteiger partial charge >= 0.3 is 6.03 Å². The van der Waals surface area contributed by atoms with E-state index in [9.17, 15) is 9.90 Å². The van der Waals surface area contributed by atoms with Crippen LogP contribution in [0.4, 0.5) is 10.6 Å². The van der Waals surface area contributed by atoms with Gasteiger partial charge in [0, 0.05) is 31.9 Å². The number of aliphatic hydroxyl groups excluding tert-OH is 1. The van der Waals surface area contributed by atoms with E-state index in [1.54, 1.807) is 11.1 Å². The van der Waals surface area contributed by atoms with Crippen molar-refractivity contribution in [3.63, 3.8) is 0 Å². The number of carbonyl (C=O) groups excluding carboxylic acids is 1. The van der Waals surface area contributed by atoms with Gasteiger partial charge in [0.2, 0.25) is 0 Å². The van der Waals surface area contributed by atoms with E-state index in [4.69, 9.17) is 0 Å². The largest absolute Gasteiger partial charge is 0.394 e. The highest BCUT2D eigenvalue weighted by atomic mass is 16.3. The Morgan fingerprint density at radius 2 is 2.29 bits per heavy atom. The van der Waals surface area contributed by atoms with Gasteiger partial charge in [-0.15, -0.1) is 0 Å². The number of hydrogen-bond acceptors (Lipinski definition) is 4. The Hall–Kier alpha value is -1.82. The molecule has 2 saturated heterocycles. The maximum atomic E-state index is 12.3. The number of amides is 2. The third-order valence-corrected chi connectivity index (χ3v) is 4.34. The number of rotatable bonds is 3. The number of hydrogen-bond donors (Lipinski definition) is 2. The molecule has 2 aliphatic rings. The Bertz CT molecular complexity index is 482. The lowest BCUT2D eigenvalue weighted by molar-refractivity contribution is 0.155. The van der Waals surface area contributed by atoms with E-state index in [1.807, 2.05) is 18.2 Å². The van der Waals surface area contributed by atoms with Crippen LogP contribution in [0.15, 0.2) is 24.4 Å². The molecule has 3 heterocycles. The van der Waals surface area contributed by atoms with E-state index in [0.717, 1.165) is 44.7 Å². The highest BCUT2D eigenvalue weighted by Crippen LogP contribution is 2.19. The Labute approximate surface area is 124 Å². The molecule has 0 bridgehead atoms. The van der Waals surface area contributed by atoms with Crippen LogP contribution in [0.1, 0.15) is 19.3 Å². The van der Waals surface area contributed by atoms with Gasteiger partial charge in [0.15, 0.2) is 0 Å². The van der Waals surface area contributed by atoms with Crippen molar-refractivity contribution < 1.29 is 9.90 Å². The first-order valence-corrected chi connectivity index (χ1v) is 7.62. The Morgan fingerprint density at radius 3 is 3.05 bits per heavy atom. The molecule has 1 aromatic heterocycles. The summed E-state index contributed by atoms with van der Waals surface area (Å²) in [5.41, 5.74) is 0. The first-order valence-electron chi connectivity index (χ1n) is 7.62. The number of likely N-dealkylation sites (tertiary alicyclic amines) is 1. The van der Waals surface area contributed by atoms with Crippen molar-refractivity contribution in [3.8, 4) is 0 Å². The van der Waals surface area contributed by atoms with E-state index in [1.165, 1.54) is 0 Å². The molecule has 0 saturated carbocycles. The average Bonchev–Trinajstić information content (AvgIpc) is 3.16. The summed E-state index contributed by atoms with van der Waals surface area (Å²) in [5.74, 6) is 0.962. The monoisotopic (exact) mass is 290 g/mol. The van der Waals surface area contributed by atoms with E-state index >= 15 is 0 Å². The van der Waals surface area contributed by atoms with Crippen LogP contribution in [-0.4, -0.2) is 59.3 Å². The van der Waals surface area contributed by atoms with Gasteiger partial charge in [0.05, 0.1) is 12.6 Å². The second-order valence-corrected chi connectivity index (χ2v) is 5.74. The lowest BCUT2D eigenvalue weighted by Gasteiger charge is -2.25. The molecule has 2 aliphatic heterocycles. The Morgan fingerprint density at radius 1 is 1.38 bits per heavy atom. The van der Waals surface area contributed by atoms with Crippen molar-refractivity contribution in [1.82, 2.24) is 15.2 Å². The second kappa shape index (κ2) is 6.30. The maximum absolute atomic E-state index is 12.3. The minimum Gasteiger partial charge on any atom is -0.394 e. The molecule has 2 amide bonds. The maximum Gasteiger partial charge on any atom is 0.318 e. The average molecular weight is 290 g/mol. The predicted molar refractivity (Wildman–Crippen MR) is 80.2 cm³/mol. The third-order valence-electron chi connectivity index (χ3n) is 4.34. The number of pyridine rings is 1. The van der Waals surface area contributed by atoms with Gasteiger partial charge in [0.1, 0.15) is 5.82 Å². The topological polar surface area (TPSA) is 68.7 Å². The Balaban J connectivity index is 1.54. The molecular weight excluding hydrogens is 268 g/mol. The van der Waals surface area contributed by atoms with Gasteiger partial charge in [-0.05, 0) is 31.4 Å². The lowest BCUT2D eigenvalue weighted by Crippen LogP contribution is -2.48. The van der Waals surface area contributed by atoms with E-state index < -0.39 is 0 Å². The van der Waals surface area contributed by atoms with Gasteiger partial charge in [-0.3, -0.25) is 0 Å². The molecule has 3 rings (SSSR count). The van der Waals surface area contributed by atoms with Gasteiger partial charge in [-0.2, -0.15) is 0 Å². The number of nitrogens with zero attached hydrogens (tertiary/aromatic N) is 3. The number of nitrogens with one attached hydrogen (secondary N) is 1. The molecule has 1 aromatic rings. The fraction of sp³-hybridized carbons (Fsp3) is 0.600. The number of urea groups is 1. The van der Waals surface area contributed by atoms with Crippen molar-refractivity contribution >= 4 is 11.8 Å². The molecule has 2 N–H and O–H groups in total. The van der Waals surface area contributed by atoms with Crippen molar-refractivity contribution in [2.45, 2.75) is 31.3 Å². The summed E-state index contributed by atoms with van der Waals surface area (Å²) in [5, 5.41) is 12.4. The highest BCUT2D eigenvalue weighted by Gasteiger charge is 2.31. The summed E-state index contributed by atoms with van der Waals surface area (Å²) >= 11 is 0. The minimum absolute atomic E-state index is 0.0155. The van der Waals surface area contributed by atoms with Crippen molar-refractivity contribution in [2.24, 2.45) is 0 Å². The summed E-state index contributed by atoms with van der Waals surface area (Å²) in [4.78, 5) is 20.6. The van der Waals surface area contributed by atoms with Crippen LogP contribution in [0.3, 0.4) is 0 Å². The van der Waals surface area contributed by atoms with Crippen molar-refractivity contribution in [1.29, 1.82) is 0 Å². The van der Waals surface area contributed by atoms with E-state index in [0.29, 0.717) is 0 Å². The summed E-state index contributed by atoms with van der Waals surface area (Å²) in [6, 6.07) is 5.97. The molecule has 6 heteroatoms. The number of anilines is 1. The Kier molecular flexibility index (Phi) is 4.24. The molecule has 2 fully saturated rings. The zero-order valence-corrected chi connectivity index (χ0v) is 12.1. The fourth-order valence-corrected chi connectivity index (χ4v) is 3.18. The molecule has 0 aromatic carbocycles. The summed E-state index contributed by atoms with van der Waals surface area (Å²) < 4.78 is 0. The third kappa shape index (κ3) is 3.10. The van der Waals surface area contributed by atoms with Crippen LogP contribution in [0, 0.1) is 0 Å². The molecular formula is C15H22N4O2. The van der Waals surface area contributed by atoms with Crippen LogP contribution in [0.2, 0.25) is 0 Å². The number of aromatic nitrogens is 1. The van der Waals surface area contributed by atoms with Crippen molar-refractivity contribution in [3.05, 3.63) is 24.4 Å². The smallest absolute Gasteiger partial charge is 0.318 e. The first-order chi connectivity index (χ1) is 10.3. The molecule has 2 atom stereocenters. The molecule has 0 spiro atoms. The zero-order chi connectivity index (χ0) is 14.7. The van der Waals surface area contributed by atoms with Gasteiger partial charge in [-0.25, -0.2) is 9.78 Å². The first kappa shape index (κ1) is 14.1. The number of carbonyl (C=O) groups is 1. The van der Waals surface area contributed by atoms with Crippen LogP contribution < -0.4 is 10.2 Å². The SMILES string of the molecule is O=C(NC1CCN(c2ccccn2)C1)N1CCCC1CO. The zero-order valence-electron chi connectivity index (χ0n) is 12.1. The molecule has 2 unspecified atom stereocenters. The quantitative estimate of drug-likeness (QED) is 0.865. The van der Waals surface area contributed by atoms with Gasteiger partial charge < -0.3 is 20.2 Å². The van der Waals surface area contributed by atoms with Crippen LogP contribution in [0.25, 0.3) is 0 Å². The fourth-order valence-electron chi connectivity index (χ4n) is 3.18. The van der Waals surface area contributed by atoms with Gasteiger partial charge in [-0.1, -0.05) is 6.07 Å². The summed E-state index contributed by atoms with van der Waals surface area (Å²) in [6.07, 6.45) is 4.59. The van der Waals surface area contributed by atoms with Crippen LogP contribution in [-0.2, 0) is 0 Å². The molecule has 6 nitrogen and oxygen atoms in total.